The minimum Gasteiger partial charge on any atom is -0.356 e. The molecule has 0 aliphatic heterocycles. The summed E-state index contributed by atoms with van der Waals surface area (Å²) < 4.78 is 0. The molecule has 8 rings (SSSR count). The van der Waals surface area contributed by atoms with Gasteiger partial charge in [-0.2, -0.15) is 0 Å². The molecule has 1 N–H and O–H groups in total. The van der Waals surface area contributed by atoms with Gasteiger partial charge in [0.25, 0.3) is 0 Å². The van der Waals surface area contributed by atoms with E-state index in [-0.39, 0.29) is 5.41 Å². The number of rotatable bonds is 3. The first-order chi connectivity index (χ1) is 18.9. The van der Waals surface area contributed by atoms with E-state index in [2.05, 4.69) is 145 Å². The highest BCUT2D eigenvalue weighted by Crippen LogP contribution is 2.64. The summed E-state index contributed by atoms with van der Waals surface area (Å²) in [6.07, 6.45) is 0. The first-order valence-electron chi connectivity index (χ1n) is 13.2. The molecule has 0 heterocycles. The molecule has 0 atom stereocenters. The van der Waals surface area contributed by atoms with Gasteiger partial charge in [-0.1, -0.05) is 121 Å². The summed E-state index contributed by atoms with van der Waals surface area (Å²) in [6.45, 7) is 0. The molecule has 1 heteroatoms. The van der Waals surface area contributed by atoms with Crippen LogP contribution in [-0.2, 0) is 5.41 Å². The molecule has 6 aromatic rings. The summed E-state index contributed by atoms with van der Waals surface area (Å²) in [7, 11) is 0. The summed E-state index contributed by atoms with van der Waals surface area (Å²) in [4.78, 5) is 0. The van der Waals surface area contributed by atoms with Crippen LogP contribution in [0.1, 0.15) is 22.3 Å². The summed E-state index contributed by atoms with van der Waals surface area (Å²) in [5.74, 6) is 0. The number of hydrogen-bond acceptors (Lipinski definition) is 1. The van der Waals surface area contributed by atoms with E-state index < -0.39 is 0 Å². The number of nitrogens with one attached hydrogen (secondary N) is 1. The van der Waals surface area contributed by atoms with Gasteiger partial charge in [0.05, 0.1) is 5.41 Å². The maximum atomic E-state index is 3.59. The third-order valence-electron chi connectivity index (χ3n) is 8.25. The SMILES string of the molecule is c1ccc(Nc2cccc(-c3cccc4c3C3(c5ccccc5-c5ccccc53)c3ccccc3-4)c2)cc1. The van der Waals surface area contributed by atoms with Crippen molar-refractivity contribution in [3.05, 3.63) is 168 Å². The zero-order valence-electron chi connectivity index (χ0n) is 20.9. The quantitative estimate of drug-likeness (QED) is 0.264. The lowest BCUT2D eigenvalue weighted by molar-refractivity contribution is 0.796. The molecule has 38 heavy (non-hydrogen) atoms. The third kappa shape index (κ3) is 2.82. The molecule has 2 aliphatic carbocycles. The minimum atomic E-state index is -0.349. The third-order valence-corrected chi connectivity index (χ3v) is 8.25. The number of benzene rings is 6. The Morgan fingerprint density at radius 2 is 0.842 bits per heavy atom. The molecule has 0 unspecified atom stereocenters. The van der Waals surface area contributed by atoms with Crippen LogP contribution in [0.3, 0.4) is 0 Å². The van der Waals surface area contributed by atoms with E-state index in [0.29, 0.717) is 0 Å². The van der Waals surface area contributed by atoms with Crippen molar-refractivity contribution in [2.24, 2.45) is 0 Å². The van der Waals surface area contributed by atoms with Crippen LogP contribution in [0.5, 0.6) is 0 Å². The molecule has 2 aliphatic rings. The smallest absolute Gasteiger partial charge is 0.0731 e. The zero-order chi connectivity index (χ0) is 25.1. The highest BCUT2D eigenvalue weighted by molar-refractivity contribution is 5.98. The fourth-order valence-corrected chi connectivity index (χ4v) is 6.85. The predicted molar refractivity (Wildman–Crippen MR) is 158 cm³/mol. The molecule has 0 saturated heterocycles. The molecule has 0 amide bonds. The molecule has 0 fully saturated rings. The van der Waals surface area contributed by atoms with Gasteiger partial charge >= 0.3 is 0 Å². The lowest BCUT2D eigenvalue weighted by Gasteiger charge is -2.32. The van der Waals surface area contributed by atoms with Gasteiger partial charge in [0.1, 0.15) is 0 Å². The molecule has 1 nitrogen and oxygen atoms in total. The highest BCUT2D eigenvalue weighted by Gasteiger charge is 2.52. The van der Waals surface area contributed by atoms with Crippen molar-refractivity contribution in [1.82, 2.24) is 0 Å². The Kier molecular flexibility index (Phi) is 4.50. The maximum absolute atomic E-state index is 3.59. The first-order valence-corrected chi connectivity index (χ1v) is 13.2. The molecule has 0 aromatic heterocycles. The Morgan fingerprint density at radius 3 is 1.50 bits per heavy atom. The Morgan fingerprint density at radius 1 is 0.368 bits per heavy atom. The van der Waals surface area contributed by atoms with E-state index in [9.17, 15) is 0 Å². The predicted octanol–water partition coefficient (Wildman–Crippen LogP) is 9.44. The second kappa shape index (κ2) is 8.06. The number of para-hydroxylation sites is 1. The van der Waals surface area contributed by atoms with E-state index in [0.717, 1.165) is 11.4 Å². The van der Waals surface area contributed by atoms with Crippen LogP contribution in [0.2, 0.25) is 0 Å². The summed E-state index contributed by atoms with van der Waals surface area (Å²) in [6, 6.07) is 53.0. The molecular formula is C37H25N. The zero-order valence-corrected chi connectivity index (χ0v) is 20.9. The fraction of sp³-hybridized carbons (Fsp3) is 0.0270. The van der Waals surface area contributed by atoms with Crippen molar-refractivity contribution in [1.29, 1.82) is 0 Å². The van der Waals surface area contributed by atoms with Gasteiger partial charge in [-0.3, -0.25) is 0 Å². The van der Waals surface area contributed by atoms with Crippen LogP contribution in [0, 0.1) is 0 Å². The highest BCUT2D eigenvalue weighted by atomic mass is 14.9. The molecule has 0 saturated carbocycles. The van der Waals surface area contributed by atoms with Gasteiger partial charge in [-0.05, 0) is 79.9 Å². The van der Waals surface area contributed by atoms with Gasteiger partial charge in [0, 0.05) is 11.4 Å². The largest absolute Gasteiger partial charge is 0.356 e. The van der Waals surface area contributed by atoms with Crippen LogP contribution in [0.15, 0.2) is 146 Å². The molecule has 1 spiro atoms. The molecule has 6 aromatic carbocycles. The number of fused-ring (bicyclic) bond motifs is 10. The Labute approximate surface area is 223 Å². The van der Waals surface area contributed by atoms with Gasteiger partial charge < -0.3 is 5.32 Å². The maximum Gasteiger partial charge on any atom is 0.0731 e. The lowest BCUT2D eigenvalue weighted by Crippen LogP contribution is -2.26. The van der Waals surface area contributed by atoms with Crippen molar-refractivity contribution in [2.75, 3.05) is 5.32 Å². The monoisotopic (exact) mass is 483 g/mol. The summed E-state index contributed by atoms with van der Waals surface area (Å²) >= 11 is 0. The van der Waals surface area contributed by atoms with Crippen molar-refractivity contribution in [2.45, 2.75) is 5.41 Å². The van der Waals surface area contributed by atoms with Gasteiger partial charge in [-0.15, -0.1) is 0 Å². The summed E-state index contributed by atoms with van der Waals surface area (Å²) in [5.41, 5.74) is 15.2. The van der Waals surface area contributed by atoms with Crippen molar-refractivity contribution in [3.8, 4) is 33.4 Å². The van der Waals surface area contributed by atoms with E-state index in [1.165, 1.54) is 55.6 Å². The van der Waals surface area contributed by atoms with Crippen LogP contribution < -0.4 is 5.32 Å². The Bertz CT molecular complexity index is 1780. The van der Waals surface area contributed by atoms with E-state index >= 15 is 0 Å². The Hall–Kier alpha value is -4.88. The second-order valence-electron chi connectivity index (χ2n) is 10.2. The summed E-state index contributed by atoms with van der Waals surface area (Å²) in [5, 5.41) is 3.59. The lowest BCUT2D eigenvalue weighted by atomic mass is 9.68. The normalized spacial score (nSPS) is 13.5. The van der Waals surface area contributed by atoms with E-state index in [1.54, 1.807) is 0 Å². The van der Waals surface area contributed by atoms with Crippen molar-refractivity contribution >= 4 is 11.4 Å². The molecule has 0 bridgehead atoms. The van der Waals surface area contributed by atoms with Gasteiger partial charge in [0.2, 0.25) is 0 Å². The van der Waals surface area contributed by atoms with E-state index in [4.69, 9.17) is 0 Å². The Balaban J connectivity index is 1.43. The van der Waals surface area contributed by atoms with Crippen LogP contribution >= 0.6 is 0 Å². The molecular weight excluding hydrogens is 458 g/mol. The minimum absolute atomic E-state index is 0.349. The van der Waals surface area contributed by atoms with Crippen LogP contribution in [0.25, 0.3) is 33.4 Å². The number of hydrogen-bond donors (Lipinski definition) is 1. The first kappa shape index (κ1) is 21.2. The average molecular weight is 484 g/mol. The van der Waals surface area contributed by atoms with Gasteiger partial charge in [0.15, 0.2) is 0 Å². The fourth-order valence-electron chi connectivity index (χ4n) is 6.85. The van der Waals surface area contributed by atoms with Gasteiger partial charge in [-0.25, -0.2) is 0 Å². The van der Waals surface area contributed by atoms with E-state index in [1.807, 2.05) is 6.07 Å². The topological polar surface area (TPSA) is 12.0 Å². The van der Waals surface area contributed by atoms with Crippen molar-refractivity contribution in [3.63, 3.8) is 0 Å². The number of anilines is 2. The molecule has 178 valence electrons. The average Bonchev–Trinajstić information content (AvgIpc) is 3.45. The van der Waals surface area contributed by atoms with Crippen LogP contribution in [-0.4, -0.2) is 0 Å². The second-order valence-corrected chi connectivity index (χ2v) is 10.2. The standard InChI is InChI=1S/C37H25N/c1-2-13-26(14-3-1)38-27-15-10-12-25(24-27)28-19-11-20-32-31-18-6-9-23-35(31)37(36(28)32)33-21-7-4-16-29(33)30-17-5-8-22-34(30)37/h1-24,38H. The van der Waals surface area contributed by atoms with Crippen molar-refractivity contribution < 1.29 is 0 Å². The molecule has 0 radical (unpaired) electrons. The van der Waals surface area contributed by atoms with Crippen LogP contribution in [0.4, 0.5) is 11.4 Å².